The number of para-hydroxylation sites is 1. The van der Waals surface area contributed by atoms with Gasteiger partial charge in [0.05, 0.1) is 5.69 Å². The molecule has 0 bridgehead atoms. The second-order valence-corrected chi connectivity index (χ2v) is 9.62. The van der Waals surface area contributed by atoms with Crippen molar-refractivity contribution in [3.63, 3.8) is 0 Å². The Labute approximate surface area is 184 Å². The number of thioether (sulfide) groups is 1. The second kappa shape index (κ2) is 6.99. The van der Waals surface area contributed by atoms with Gasteiger partial charge < -0.3 is 9.88 Å². The maximum Gasteiger partial charge on any atom is 0.261 e. The monoisotopic (exact) mass is 430 g/mol. The van der Waals surface area contributed by atoms with Crippen molar-refractivity contribution in [3.8, 4) is 11.4 Å². The van der Waals surface area contributed by atoms with Gasteiger partial charge in [0.1, 0.15) is 5.82 Å². The zero-order valence-electron chi connectivity index (χ0n) is 17.0. The minimum absolute atomic E-state index is 0.00651. The maximum atomic E-state index is 13.4. The van der Waals surface area contributed by atoms with Gasteiger partial charge in [0, 0.05) is 41.0 Å². The molecule has 7 heteroatoms. The Morgan fingerprint density at radius 3 is 2.77 bits per heavy atom. The van der Waals surface area contributed by atoms with Crippen LogP contribution in [0.4, 0.5) is 11.4 Å². The first-order chi connectivity index (χ1) is 15.2. The second-order valence-electron chi connectivity index (χ2n) is 8.30. The number of nitrogens with zero attached hydrogens (tertiary/aromatic N) is 3. The van der Waals surface area contributed by atoms with Crippen LogP contribution in [-0.4, -0.2) is 26.2 Å². The Hall–Kier alpha value is -3.06. The number of anilines is 2. The van der Waals surface area contributed by atoms with Crippen LogP contribution in [0.5, 0.6) is 0 Å². The maximum absolute atomic E-state index is 13.4. The zero-order chi connectivity index (χ0) is 21.0. The number of nitrogens with one attached hydrogen (secondary N) is 1. The SMILES string of the molecule is O=C1CCC2(C(=O)Nc3ccc(-c4ncc5n4CCCC5)cc3)Sc3ccccc3N12. The topological polar surface area (TPSA) is 67.2 Å². The number of aryl methyl sites for hydroxylation is 1. The molecule has 0 spiro atoms. The number of benzene rings is 2. The van der Waals surface area contributed by atoms with Gasteiger partial charge in [0.15, 0.2) is 4.87 Å². The summed E-state index contributed by atoms with van der Waals surface area (Å²) in [5.41, 5.74) is 3.90. The van der Waals surface area contributed by atoms with E-state index >= 15 is 0 Å². The molecule has 3 aliphatic heterocycles. The molecule has 4 heterocycles. The molecule has 31 heavy (non-hydrogen) atoms. The Morgan fingerprint density at radius 1 is 1.06 bits per heavy atom. The van der Waals surface area contributed by atoms with E-state index in [0.717, 1.165) is 40.6 Å². The van der Waals surface area contributed by atoms with Crippen molar-refractivity contribution in [3.05, 3.63) is 60.4 Å². The number of carbonyl (C=O) groups is 2. The number of hydrogen-bond donors (Lipinski definition) is 1. The lowest BCUT2D eigenvalue weighted by atomic mass is 10.1. The molecule has 3 aromatic rings. The number of amides is 2. The molecule has 3 aliphatic rings. The molecule has 6 rings (SSSR count). The highest BCUT2D eigenvalue weighted by molar-refractivity contribution is 8.02. The lowest BCUT2D eigenvalue weighted by molar-refractivity contribution is -0.121. The van der Waals surface area contributed by atoms with Gasteiger partial charge in [-0.2, -0.15) is 0 Å². The van der Waals surface area contributed by atoms with Gasteiger partial charge in [-0.3, -0.25) is 14.5 Å². The lowest BCUT2D eigenvalue weighted by Crippen LogP contribution is -2.49. The van der Waals surface area contributed by atoms with Crippen molar-refractivity contribution in [2.45, 2.75) is 48.4 Å². The predicted molar refractivity (Wildman–Crippen MR) is 121 cm³/mol. The van der Waals surface area contributed by atoms with Gasteiger partial charge in [-0.1, -0.05) is 23.9 Å². The highest BCUT2D eigenvalue weighted by Crippen LogP contribution is 2.56. The summed E-state index contributed by atoms with van der Waals surface area (Å²) < 4.78 is 2.30. The number of hydrogen-bond acceptors (Lipinski definition) is 4. The normalized spacial score (nSPS) is 21.5. The Balaban J connectivity index is 1.25. The fraction of sp³-hybridized carbons (Fsp3) is 0.292. The molecule has 0 radical (unpaired) electrons. The Bertz CT molecular complexity index is 1200. The molecular weight excluding hydrogens is 408 g/mol. The molecule has 6 nitrogen and oxygen atoms in total. The first kappa shape index (κ1) is 18.7. The summed E-state index contributed by atoms with van der Waals surface area (Å²) in [6, 6.07) is 15.6. The fourth-order valence-electron chi connectivity index (χ4n) is 4.90. The molecule has 1 fully saturated rings. The highest BCUT2D eigenvalue weighted by atomic mass is 32.2. The molecule has 1 saturated heterocycles. The number of fused-ring (bicyclic) bond motifs is 4. The van der Waals surface area contributed by atoms with E-state index in [4.69, 9.17) is 0 Å². The van der Waals surface area contributed by atoms with Gasteiger partial charge in [-0.05, 0) is 62.1 Å². The highest BCUT2D eigenvalue weighted by Gasteiger charge is 2.57. The molecule has 1 N–H and O–H groups in total. The van der Waals surface area contributed by atoms with Crippen LogP contribution in [0.1, 0.15) is 31.4 Å². The van der Waals surface area contributed by atoms with Crippen LogP contribution in [0.2, 0.25) is 0 Å². The third-order valence-electron chi connectivity index (χ3n) is 6.43. The quantitative estimate of drug-likeness (QED) is 0.667. The van der Waals surface area contributed by atoms with Gasteiger partial charge in [-0.25, -0.2) is 4.98 Å². The molecule has 2 amide bonds. The number of imidazole rings is 1. The first-order valence-corrected chi connectivity index (χ1v) is 11.5. The van der Waals surface area contributed by atoms with Crippen molar-refractivity contribution in [2.24, 2.45) is 0 Å². The largest absolute Gasteiger partial charge is 0.328 e. The van der Waals surface area contributed by atoms with E-state index in [-0.39, 0.29) is 11.8 Å². The summed E-state index contributed by atoms with van der Waals surface area (Å²) in [5, 5.41) is 3.06. The summed E-state index contributed by atoms with van der Waals surface area (Å²) in [7, 11) is 0. The van der Waals surface area contributed by atoms with Crippen LogP contribution in [0.15, 0.2) is 59.6 Å². The summed E-state index contributed by atoms with van der Waals surface area (Å²) >= 11 is 1.48. The summed E-state index contributed by atoms with van der Waals surface area (Å²) in [6.45, 7) is 1.01. The van der Waals surface area contributed by atoms with Crippen LogP contribution >= 0.6 is 11.8 Å². The Morgan fingerprint density at radius 2 is 1.90 bits per heavy atom. The van der Waals surface area contributed by atoms with Crippen molar-refractivity contribution in [1.82, 2.24) is 9.55 Å². The molecule has 0 aliphatic carbocycles. The number of aromatic nitrogens is 2. The number of rotatable bonds is 3. The van der Waals surface area contributed by atoms with Gasteiger partial charge in [0.2, 0.25) is 5.91 Å². The molecule has 2 aromatic carbocycles. The van der Waals surface area contributed by atoms with E-state index < -0.39 is 4.87 Å². The first-order valence-electron chi connectivity index (χ1n) is 10.7. The van der Waals surface area contributed by atoms with Crippen molar-refractivity contribution < 1.29 is 9.59 Å². The Kier molecular flexibility index (Phi) is 4.21. The van der Waals surface area contributed by atoms with E-state index in [2.05, 4.69) is 14.9 Å². The average molecular weight is 431 g/mol. The van der Waals surface area contributed by atoms with Crippen LogP contribution in [0.3, 0.4) is 0 Å². The molecular formula is C24H22N4O2S. The van der Waals surface area contributed by atoms with E-state index in [9.17, 15) is 9.59 Å². The molecule has 1 aromatic heterocycles. The molecule has 156 valence electrons. The van der Waals surface area contributed by atoms with Gasteiger partial charge >= 0.3 is 0 Å². The number of carbonyl (C=O) groups excluding carboxylic acids is 2. The van der Waals surface area contributed by atoms with E-state index in [1.165, 1.54) is 30.3 Å². The van der Waals surface area contributed by atoms with Crippen LogP contribution in [0.25, 0.3) is 11.4 Å². The van der Waals surface area contributed by atoms with Crippen molar-refractivity contribution in [1.29, 1.82) is 0 Å². The van der Waals surface area contributed by atoms with E-state index in [1.807, 2.05) is 54.7 Å². The van der Waals surface area contributed by atoms with Crippen LogP contribution < -0.4 is 10.2 Å². The summed E-state index contributed by atoms with van der Waals surface area (Å²) in [4.78, 5) is 32.4. The third kappa shape index (κ3) is 2.83. The molecule has 0 saturated carbocycles. The summed E-state index contributed by atoms with van der Waals surface area (Å²) in [5.74, 6) is 0.845. The van der Waals surface area contributed by atoms with Gasteiger partial charge in [0.25, 0.3) is 5.91 Å². The van der Waals surface area contributed by atoms with E-state index in [1.54, 1.807) is 4.90 Å². The lowest BCUT2D eigenvalue weighted by Gasteiger charge is -2.29. The van der Waals surface area contributed by atoms with Gasteiger partial charge in [-0.15, -0.1) is 0 Å². The van der Waals surface area contributed by atoms with E-state index in [0.29, 0.717) is 12.8 Å². The minimum Gasteiger partial charge on any atom is -0.328 e. The third-order valence-corrected chi connectivity index (χ3v) is 7.91. The standard InChI is InChI=1S/C24H22N4O2S/c29-21-12-13-24(28(21)19-6-1-2-7-20(19)31-24)23(30)26-17-10-8-16(9-11-17)22-25-15-18-5-3-4-14-27(18)22/h1-2,6-11,15H,3-5,12-14H2,(H,26,30). The van der Waals surface area contributed by atoms with Crippen molar-refractivity contribution >= 4 is 35.0 Å². The van der Waals surface area contributed by atoms with Crippen molar-refractivity contribution in [2.75, 3.05) is 10.2 Å². The average Bonchev–Trinajstić information content (AvgIpc) is 3.47. The summed E-state index contributed by atoms with van der Waals surface area (Å²) in [6.07, 6.45) is 6.36. The minimum atomic E-state index is -0.901. The molecule has 1 unspecified atom stereocenters. The smallest absolute Gasteiger partial charge is 0.261 e. The van der Waals surface area contributed by atoms with Crippen LogP contribution in [-0.2, 0) is 22.6 Å². The molecule has 1 atom stereocenters. The zero-order valence-corrected chi connectivity index (χ0v) is 17.8. The van der Waals surface area contributed by atoms with Crippen LogP contribution in [0, 0.1) is 0 Å². The predicted octanol–water partition coefficient (Wildman–Crippen LogP) is 4.45. The fourth-order valence-corrected chi connectivity index (χ4v) is 6.31.